The fourth-order valence-electron chi connectivity index (χ4n) is 2.02. The Morgan fingerprint density at radius 1 is 1.58 bits per heavy atom. The summed E-state index contributed by atoms with van der Waals surface area (Å²) in [5.74, 6) is 5.65. The standard InChI is InChI=1S/C12H15BrClN5/c1-7-12(13)11(19(2)18-7)5-10(17-15)8-3-4-16-6-9(8)14/h3-4,6,10,17H,5,15H2,1-2H3. The first-order chi connectivity index (χ1) is 9.04. The average Bonchev–Trinajstić information content (AvgIpc) is 2.63. The molecule has 0 fully saturated rings. The van der Waals surface area contributed by atoms with Crippen LogP contribution in [0.5, 0.6) is 0 Å². The molecule has 2 aromatic rings. The zero-order valence-corrected chi connectivity index (χ0v) is 13.0. The molecule has 7 heteroatoms. The molecule has 0 bridgehead atoms. The van der Waals surface area contributed by atoms with Gasteiger partial charge in [0.15, 0.2) is 0 Å². The van der Waals surface area contributed by atoms with Crippen LogP contribution in [0.25, 0.3) is 0 Å². The molecule has 0 aliphatic rings. The minimum Gasteiger partial charge on any atom is -0.271 e. The van der Waals surface area contributed by atoms with Gasteiger partial charge in [-0.25, -0.2) is 0 Å². The summed E-state index contributed by atoms with van der Waals surface area (Å²) < 4.78 is 2.85. The van der Waals surface area contributed by atoms with Gasteiger partial charge in [0, 0.05) is 25.9 Å². The van der Waals surface area contributed by atoms with Crippen molar-refractivity contribution in [1.29, 1.82) is 0 Å². The zero-order chi connectivity index (χ0) is 14.0. The maximum atomic E-state index is 6.16. The first-order valence-electron chi connectivity index (χ1n) is 5.78. The number of nitrogens with zero attached hydrogens (tertiary/aromatic N) is 3. The van der Waals surface area contributed by atoms with E-state index in [9.17, 15) is 0 Å². The lowest BCUT2D eigenvalue weighted by molar-refractivity contribution is 0.528. The Labute approximate surface area is 125 Å². The maximum absolute atomic E-state index is 6.16. The van der Waals surface area contributed by atoms with E-state index in [0.29, 0.717) is 11.4 Å². The third kappa shape index (κ3) is 2.97. The molecule has 5 nitrogen and oxygen atoms in total. The number of rotatable bonds is 4. The van der Waals surface area contributed by atoms with Crippen LogP contribution in [0, 0.1) is 6.92 Å². The number of hydrogen-bond donors (Lipinski definition) is 2. The van der Waals surface area contributed by atoms with Crippen LogP contribution in [0.2, 0.25) is 5.02 Å². The lowest BCUT2D eigenvalue weighted by atomic mass is 10.0. The van der Waals surface area contributed by atoms with Crippen molar-refractivity contribution in [1.82, 2.24) is 20.2 Å². The SMILES string of the molecule is Cc1nn(C)c(CC(NN)c2ccncc2Cl)c1Br. The van der Waals surface area contributed by atoms with Crippen molar-refractivity contribution in [2.45, 2.75) is 19.4 Å². The van der Waals surface area contributed by atoms with E-state index in [-0.39, 0.29) is 6.04 Å². The molecule has 1 unspecified atom stereocenters. The number of halogens is 2. The summed E-state index contributed by atoms with van der Waals surface area (Å²) in [6.07, 6.45) is 4.00. The molecule has 2 rings (SSSR count). The lowest BCUT2D eigenvalue weighted by Crippen LogP contribution is -2.30. The smallest absolute Gasteiger partial charge is 0.0738 e. The molecule has 0 saturated heterocycles. The molecule has 0 radical (unpaired) electrons. The Bertz CT molecular complexity index is 583. The van der Waals surface area contributed by atoms with Crippen LogP contribution in [0.1, 0.15) is 23.0 Å². The topological polar surface area (TPSA) is 68.8 Å². The van der Waals surface area contributed by atoms with E-state index < -0.39 is 0 Å². The molecule has 3 N–H and O–H groups in total. The highest BCUT2D eigenvalue weighted by molar-refractivity contribution is 9.10. The molecular weight excluding hydrogens is 330 g/mol. The molecule has 0 saturated carbocycles. The summed E-state index contributed by atoms with van der Waals surface area (Å²) in [5, 5.41) is 4.97. The summed E-state index contributed by atoms with van der Waals surface area (Å²) >= 11 is 9.71. The minimum absolute atomic E-state index is 0.0957. The second kappa shape index (κ2) is 6.00. The van der Waals surface area contributed by atoms with Gasteiger partial charge in [-0.05, 0) is 34.5 Å². The van der Waals surface area contributed by atoms with Gasteiger partial charge in [-0.1, -0.05) is 11.6 Å². The first kappa shape index (κ1) is 14.5. The van der Waals surface area contributed by atoms with Crippen molar-refractivity contribution in [2.75, 3.05) is 0 Å². The molecule has 0 amide bonds. The molecule has 0 spiro atoms. The third-order valence-electron chi connectivity index (χ3n) is 3.04. The second-order valence-electron chi connectivity index (χ2n) is 4.29. The highest BCUT2D eigenvalue weighted by Gasteiger charge is 2.19. The maximum Gasteiger partial charge on any atom is 0.0738 e. The highest BCUT2D eigenvalue weighted by atomic mass is 79.9. The molecule has 0 aliphatic carbocycles. The van der Waals surface area contributed by atoms with Gasteiger partial charge >= 0.3 is 0 Å². The number of pyridine rings is 1. The van der Waals surface area contributed by atoms with Crippen LogP contribution < -0.4 is 11.3 Å². The fourth-order valence-corrected chi connectivity index (χ4v) is 2.77. The van der Waals surface area contributed by atoms with Crippen molar-refractivity contribution >= 4 is 27.5 Å². The van der Waals surface area contributed by atoms with Crippen LogP contribution in [-0.2, 0) is 13.5 Å². The summed E-state index contributed by atoms with van der Waals surface area (Å²) in [4.78, 5) is 3.98. The van der Waals surface area contributed by atoms with Crippen LogP contribution in [-0.4, -0.2) is 14.8 Å². The molecule has 19 heavy (non-hydrogen) atoms. The van der Waals surface area contributed by atoms with Crippen LogP contribution in [0.4, 0.5) is 0 Å². The number of hydrazine groups is 1. The highest BCUT2D eigenvalue weighted by Crippen LogP contribution is 2.28. The largest absolute Gasteiger partial charge is 0.271 e. The third-order valence-corrected chi connectivity index (χ3v) is 4.39. The fraction of sp³-hybridized carbons (Fsp3) is 0.333. The molecular formula is C12H15BrClN5. The van der Waals surface area contributed by atoms with Gasteiger partial charge in [0.05, 0.1) is 26.9 Å². The van der Waals surface area contributed by atoms with E-state index in [2.05, 4.69) is 31.4 Å². The van der Waals surface area contributed by atoms with Crippen LogP contribution >= 0.6 is 27.5 Å². The molecule has 102 valence electrons. The molecule has 0 aromatic carbocycles. The monoisotopic (exact) mass is 343 g/mol. The molecule has 2 aromatic heterocycles. The average molecular weight is 345 g/mol. The van der Waals surface area contributed by atoms with Crippen LogP contribution in [0.3, 0.4) is 0 Å². The van der Waals surface area contributed by atoms with Gasteiger partial charge in [-0.2, -0.15) is 5.10 Å². The Balaban J connectivity index is 2.32. The number of hydrogen-bond acceptors (Lipinski definition) is 4. The summed E-state index contributed by atoms with van der Waals surface area (Å²) in [6.45, 7) is 1.96. The normalized spacial score (nSPS) is 12.7. The van der Waals surface area contributed by atoms with Crippen LogP contribution in [0.15, 0.2) is 22.9 Å². The van der Waals surface area contributed by atoms with Gasteiger partial charge < -0.3 is 0 Å². The van der Waals surface area contributed by atoms with Crippen molar-refractivity contribution in [2.24, 2.45) is 12.9 Å². The Hall–Kier alpha value is -0.950. The van der Waals surface area contributed by atoms with E-state index in [0.717, 1.165) is 21.4 Å². The Morgan fingerprint density at radius 2 is 2.32 bits per heavy atom. The Kier molecular flexibility index (Phi) is 4.57. The Morgan fingerprint density at radius 3 is 2.84 bits per heavy atom. The van der Waals surface area contributed by atoms with Crippen molar-refractivity contribution < 1.29 is 0 Å². The summed E-state index contributed by atoms with van der Waals surface area (Å²) in [6, 6.07) is 1.77. The van der Waals surface area contributed by atoms with E-state index in [1.807, 2.05) is 24.7 Å². The van der Waals surface area contributed by atoms with Gasteiger partial charge in [0.25, 0.3) is 0 Å². The van der Waals surface area contributed by atoms with E-state index in [1.54, 1.807) is 12.4 Å². The number of nitrogens with two attached hydrogens (primary N) is 1. The quantitative estimate of drug-likeness (QED) is 0.659. The zero-order valence-electron chi connectivity index (χ0n) is 10.7. The molecule has 1 atom stereocenters. The van der Waals surface area contributed by atoms with Gasteiger partial charge in [0.2, 0.25) is 0 Å². The van der Waals surface area contributed by atoms with Gasteiger partial charge in [-0.15, -0.1) is 0 Å². The first-order valence-corrected chi connectivity index (χ1v) is 6.95. The number of nitrogens with one attached hydrogen (secondary N) is 1. The molecule has 2 heterocycles. The van der Waals surface area contributed by atoms with Gasteiger partial charge in [0.1, 0.15) is 0 Å². The van der Waals surface area contributed by atoms with Crippen molar-refractivity contribution in [3.05, 3.63) is 44.9 Å². The summed E-state index contributed by atoms with van der Waals surface area (Å²) in [7, 11) is 1.91. The van der Waals surface area contributed by atoms with E-state index in [1.165, 1.54) is 0 Å². The van der Waals surface area contributed by atoms with Crippen molar-refractivity contribution in [3.8, 4) is 0 Å². The second-order valence-corrected chi connectivity index (χ2v) is 5.49. The van der Waals surface area contributed by atoms with E-state index in [4.69, 9.17) is 17.4 Å². The predicted molar refractivity (Wildman–Crippen MR) is 78.7 cm³/mol. The summed E-state index contributed by atoms with van der Waals surface area (Å²) in [5.41, 5.74) is 5.73. The van der Waals surface area contributed by atoms with E-state index >= 15 is 0 Å². The number of aryl methyl sites for hydroxylation is 2. The van der Waals surface area contributed by atoms with Crippen molar-refractivity contribution in [3.63, 3.8) is 0 Å². The van der Waals surface area contributed by atoms with Gasteiger partial charge in [-0.3, -0.25) is 20.9 Å². The predicted octanol–water partition coefficient (Wildman–Crippen LogP) is 2.29. The lowest BCUT2D eigenvalue weighted by Gasteiger charge is -2.17. The molecule has 0 aliphatic heterocycles. The minimum atomic E-state index is -0.0957. The number of aromatic nitrogens is 3.